The summed E-state index contributed by atoms with van der Waals surface area (Å²) in [5, 5.41) is 16.1. The summed E-state index contributed by atoms with van der Waals surface area (Å²) in [5.41, 5.74) is 0.0151. The molecule has 0 spiro atoms. The van der Waals surface area contributed by atoms with E-state index in [0.29, 0.717) is 19.4 Å². The molecule has 1 aromatic heterocycles. The molecule has 1 fully saturated rings. The number of aromatic nitrogens is 2. The molecule has 0 aromatic carbocycles. The fourth-order valence-corrected chi connectivity index (χ4v) is 2.27. The lowest BCUT2D eigenvalue weighted by molar-refractivity contribution is -0.128. The van der Waals surface area contributed by atoms with Gasteiger partial charge in [0, 0.05) is 13.2 Å². The van der Waals surface area contributed by atoms with Gasteiger partial charge in [-0.05, 0) is 18.9 Å². The zero-order chi connectivity index (χ0) is 12.3. The molecule has 1 aliphatic rings. The number of rotatable bonds is 3. The highest BCUT2D eigenvalue weighted by Crippen LogP contribution is 2.37. The van der Waals surface area contributed by atoms with Crippen molar-refractivity contribution in [3.8, 4) is 6.07 Å². The van der Waals surface area contributed by atoms with Crippen LogP contribution < -0.4 is 5.32 Å². The first kappa shape index (κ1) is 11.6. The Morgan fingerprint density at radius 1 is 1.65 bits per heavy atom. The van der Waals surface area contributed by atoms with Crippen molar-refractivity contribution >= 4 is 5.91 Å². The van der Waals surface area contributed by atoms with Gasteiger partial charge >= 0.3 is 0 Å². The van der Waals surface area contributed by atoms with Crippen LogP contribution in [-0.4, -0.2) is 15.7 Å². The number of carbonyl (C=O) groups excluding carboxylic acids is 1. The van der Waals surface area contributed by atoms with E-state index in [1.807, 2.05) is 19.3 Å². The molecule has 2 rings (SSSR count). The van der Waals surface area contributed by atoms with Gasteiger partial charge in [-0.3, -0.25) is 9.48 Å². The number of amides is 1. The summed E-state index contributed by atoms with van der Waals surface area (Å²) in [4.78, 5) is 12.0. The van der Waals surface area contributed by atoms with Gasteiger partial charge in [0.15, 0.2) is 0 Å². The Labute approximate surface area is 100 Å². The Balaban J connectivity index is 1.95. The SMILES string of the molecule is Cn1ccc(CNC(=O)C2(C#N)CCCC2)n1. The normalized spacial score (nSPS) is 17.6. The molecular formula is C12H16N4O. The van der Waals surface area contributed by atoms with Gasteiger partial charge in [0.2, 0.25) is 5.91 Å². The number of nitrogens with one attached hydrogen (secondary N) is 1. The third-order valence-corrected chi connectivity index (χ3v) is 3.30. The summed E-state index contributed by atoms with van der Waals surface area (Å²) in [6, 6.07) is 4.04. The van der Waals surface area contributed by atoms with Gasteiger partial charge in [0.25, 0.3) is 0 Å². The number of nitrogens with zero attached hydrogens (tertiary/aromatic N) is 3. The van der Waals surface area contributed by atoms with Gasteiger partial charge in [-0.15, -0.1) is 0 Å². The Hall–Kier alpha value is -1.83. The van der Waals surface area contributed by atoms with Crippen molar-refractivity contribution in [1.29, 1.82) is 5.26 Å². The van der Waals surface area contributed by atoms with E-state index in [2.05, 4.69) is 16.5 Å². The lowest BCUT2D eigenvalue weighted by Gasteiger charge is -2.18. The molecule has 90 valence electrons. The van der Waals surface area contributed by atoms with Crippen LogP contribution in [0.4, 0.5) is 0 Å². The predicted molar refractivity (Wildman–Crippen MR) is 61.6 cm³/mol. The molecule has 1 aliphatic carbocycles. The molecule has 5 nitrogen and oxygen atoms in total. The molecule has 0 saturated heterocycles. The molecule has 0 atom stereocenters. The number of hydrogen-bond acceptors (Lipinski definition) is 3. The molecule has 1 N–H and O–H groups in total. The molecule has 5 heteroatoms. The second-order valence-electron chi connectivity index (χ2n) is 4.56. The molecule has 0 unspecified atom stereocenters. The van der Waals surface area contributed by atoms with Crippen molar-refractivity contribution < 1.29 is 4.79 Å². The first-order chi connectivity index (χ1) is 8.16. The van der Waals surface area contributed by atoms with Crippen LogP contribution in [-0.2, 0) is 18.4 Å². The first-order valence-electron chi connectivity index (χ1n) is 5.84. The Bertz CT molecular complexity index is 451. The van der Waals surface area contributed by atoms with Gasteiger partial charge in [-0.1, -0.05) is 12.8 Å². The Morgan fingerprint density at radius 2 is 2.35 bits per heavy atom. The molecule has 1 amide bonds. The van der Waals surface area contributed by atoms with Crippen molar-refractivity contribution in [2.24, 2.45) is 12.5 Å². The number of hydrogen-bond donors (Lipinski definition) is 1. The lowest BCUT2D eigenvalue weighted by Crippen LogP contribution is -2.37. The number of nitriles is 1. The highest BCUT2D eigenvalue weighted by Gasteiger charge is 2.41. The third kappa shape index (κ3) is 2.31. The minimum Gasteiger partial charge on any atom is -0.349 e. The maximum absolute atomic E-state index is 12.0. The van der Waals surface area contributed by atoms with E-state index in [-0.39, 0.29) is 5.91 Å². The number of carbonyl (C=O) groups is 1. The molecule has 0 bridgehead atoms. The minimum atomic E-state index is -0.797. The average Bonchev–Trinajstić information content (AvgIpc) is 2.95. The monoisotopic (exact) mass is 232 g/mol. The molecular weight excluding hydrogens is 216 g/mol. The third-order valence-electron chi connectivity index (χ3n) is 3.30. The van der Waals surface area contributed by atoms with Gasteiger partial charge in [0.1, 0.15) is 5.41 Å². The summed E-state index contributed by atoms with van der Waals surface area (Å²) < 4.78 is 1.69. The fraction of sp³-hybridized carbons (Fsp3) is 0.583. The van der Waals surface area contributed by atoms with E-state index in [4.69, 9.17) is 5.26 Å². The van der Waals surface area contributed by atoms with Crippen molar-refractivity contribution in [3.05, 3.63) is 18.0 Å². The van der Waals surface area contributed by atoms with Gasteiger partial charge < -0.3 is 5.32 Å². The largest absolute Gasteiger partial charge is 0.349 e. The Morgan fingerprint density at radius 3 is 2.88 bits per heavy atom. The summed E-state index contributed by atoms with van der Waals surface area (Å²) >= 11 is 0. The maximum Gasteiger partial charge on any atom is 0.240 e. The Kier molecular flexibility index (Phi) is 3.14. The highest BCUT2D eigenvalue weighted by molar-refractivity contribution is 5.85. The van der Waals surface area contributed by atoms with Crippen LogP contribution in [0.2, 0.25) is 0 Å². The molecule has 0 radical (unpaired) electrons. The van der Waals surface area contributed by atoms with Crippen LogP contribution >= 0.6 is 0 Å². The van der Waals surface area contributed by atoms with Crippen LogP contribution in [0.25, 0.3) is 0 Å². The van der Waals surface area contributed by atoms with Crippen LogP contribution in [0, 0.1) is 16.7 Å². The quantitative estimate of drug-likeness (QED) is 0.849. The predicted octanol–water partition coefficient (Wildman–Crippen LogP) is 1.12. The van der Waals surface area contributed by atoms with E-state index >= 15 is 0 Å². The van der Waals surface area contributed by atoms with Gasteiger partial charge in [-0.2, -0.15) is 10.4 Å². The standard InChI is InChI=1S/C12H16N4O/c1-16-7-4-10(15-16)8-14-11(17)12(9-13)5-2-3-6-12/h4,7H,2-3,5-6,8H2,1H3,(H,14,17). The second kappa shape index (κ2) is 4.58. The van der Waals surface area contributed by atoms with Crippen LogP contribution in [0.15, 0.2) is 12.3 Å². The minimum absolute atomic E-state index is 0.150. The summed E-state index contributed by atoms with van der Waals surface area (Å²) in [5.74, 6) is -0.150. The molecule has 1 saturated carbocycles. The fourth-order valence-electron chi connectivity index (χ4n) is 2.27. The van der Waals surface area contributed by atoms with E-state index in [0.717, 1.165) is 18.5 Å². The van der Waals surface area contributed by atoms with Crippen LogP contribution in [0.3, 0.4) is 0 Å². The van der Waals surface area contributed by atoms with E-state index in [9.17, 15) is 4.79 Å². The average molecular weight is 232 g/mol. The van der Waals surface area contributed by atoms with E-state index in [1.165, 1.54) is 0 Å². The number of aryl methyl sites for hydroxylation is 1. The molecule has 17 heavy (non-hydrogen) atoms. The van der Waals surface area contributed by atoms with Crippen molar-refractivity contribution in [3.63, 3.8) is 0 Å². The second-order valence-corrected chi connectivity index (χ2v) is 4.56. The maximum atomic E-state index is 12.0. The lowest BCUT2D eigenvalue weighted by atomic mass is 9.87. The molecule has 0 aliphatic heterocycles. The first-order valence-corrected chi connectivity index (χ1v) is 5.84. The van der Waals surface area contributed by atoms with Crippen molar-refractivity contribution in [2.75, 3.05) is 0 Å². The van der Waals surface area contributed by atoms with Crippen LogP contribution in [0.1, 0.15) is 31.4 Å². The molecule has 1 heterocycles. The zero-order valence-electron chi connectivity index (χ0n) is 9.94. The van der Waals surface area contributed by atoms with Gasteiger partial charge in [0.05, 0.1) is 18.3 Å². The zero-order valence-corrected chi connectivity index (χ0v) is 9.94. The van der Waals surface area contributed by atoms with Crippen LogP contribution in [0.5, 0.6) is 0 Å². The van der Waals surface area contributed by atoms with Crippen molar-refractivity contribution in [1.82, 2.24) is 15.1 Å². The topological polar surface area (TPSA) is 70.7 Å². The van der Waals surface area contributed by atoms with Gasteiger partial charge in [-0.25, -0.2) is 0 Å². The smallest absolute Gasteiger partial charge is 0.240 e. The highest BCUT2D eigenvalue weighted by atomic mass is 16.2. The van der Waals surface area contributed by atoms with Crippen molar-refractivity contribution in [2.45, 2.75) is 32.2 Å². The summed E-state index contributed by atoms with van der Waals surface area (Å²) in [6.07, 6.45) is 5.11. The molecule has 1 aromatic rings. The summed E-state index contributed by atoms with van der Waals surface area (Å²) in [7, 11) is 1.83. The summed E-state index contributed by atoms with van der Waals surface area (Å²) in [6.45, 7) is 0.392. The van der Waals surface area contributed by atoms with E-state index in [1.54, 1.807) is 4.68 Å². The van der Waals surface area contributed by atoms with E-state index < -0.39 is 5.41 Å².